The van der Waals surface area contributed by atoms with E-state index in [1.165, 1.54) is 0 Å². The molecular weight excluding hydrogens is 210 g/mol. The van der Waals surface area contributed by atoms with E-state index in [-0.39, 0.29) is 13.2 Å². The van der Waals surface area contributed by atoms with Gasteiger partial charge in [-0.1, -0.05) is 0 Å². The van der Waals surface area contributed by atoms with E-state index >= 15 is 0 Å². The maximum Gasteiger partial charge on any atom is 0.320 e. The van der Waals surface area contributed by atoms with E-state index in [0.29, 0.717) is 11.5 Å². The molecule has 0 radical (unpaired) electrons. The van der Waals surface area contributed by atoms with Gasteiger partial charge >= 0.3 is 5.97 Å². The van der Waals surface area contributed by atoms with Crippen molar-refractivity contribution >= 4 is 5.97 Å². The second-order valence-corrected chi connectivity index (χ2v) is 3.04. The van der Waals surface area contributed by atoms with Gasteiger partial charge in [0.25, 0.3) is 0 Å². The van der Waals surface area contributed by atoms with Crippen molar-refractivity contribution in [1.29, 1.82) is 0 Å². The van der Waals surface area contributed by atoms with Gasteiger partial charge in [0.05, 0.1) is 20.8 Å². The van der Waals surface area contributed by atoms with E-state index in [9.17, 15) is 4.79 Å². The molecule has 88 valence electrons. The average molecular weight is 225 g/mol. The van der Waals surface area contributed by atoms with Crippen molar-refractivity contribution in [3.63, 3.8) is 0 Å². The smallest absolute Gasteiger partial charge is 0.320 e. The molecule has 0 bridgehead atoms. The Kier molecular flexibility index (Phi) is 4.60. The number of methoxy groups -OCH3 is 2. The summed E-state index contributed by atoms with van der Waals surface area (Å²) in [6.45, 7) is 0.0155. The fraction of sp³-hybridized carbons (Fsp3) is 0.364. The minimum Gasteiger partial charge on any atom is -0.497 e. The molecule has 5 nitrogen and oxygen atoms in total. The van der Waals surface area contributed by atoms with Crippen molar-refractivity contribution in [2.24, 2.45) is 5.73 Å². The minimum absolute atomic E-state index is 0.127. The number of carbonyl (C=O) groups is 1. The Morgan fingerprint density at radius 2 is 2.06 bits per heavy atom. The van der Waals surface area contributed by atoms with Gasteiger partial charge in [-0.2, -0.15) is 0 Å². The van der Waals surface area contributed by atoms with Crippen LogP contribution in [0.2, 0.25) is 0 Å². The number of hydrogen-bond donors (Lipinski definition) is 1. The molecule has 0 heterocycles. The lowest BCUT2D eigenvalue weighted by molar-refractivity contribution is -0.143. The van der Waals surface area contributed by atoms with Crippen LogP contribution < -0.4 is 15.2 Å². The lowest BCUT2D eigenvalue weighted by atomic mass is 10.2. The van der Waals surface area contributed by atoms with Gasteiger partial charge in [0, 0.05) is 11.6 Å². The van der Waals surface area contributed by atoms with Gasteiger partial charge < -0.3 is 19.9 Å². The van der Waals surface area contributed by atoms with E-state index in [1.807, 2.05) is 0 Å². The average Bonchev–Trinajstić information content (AvgIpc) is 2.35. The number of ether oxygens (including phenoxy) is 3. The SMILES string of the molecule is COc1ccc(COC(=O)CN)c(OC)c1. The van der Waals surface area contributed by atoms with Gasteiger partial charge in [0.1, 0.15) is 18.1 Å². The Morgan fingerprint density at radius 1 is 1.31 bits per heavy atom. The Labute approximate surface area is 94.1 Å². The zero-order valence-electron chi connectivity index (χ0n) is 9.36. The number of rotatable bonds is 5. The zero-order chi connectivity index (χ0) is 12.0. The van der Waals surface area contributed by atoms with Crippen LogP contribution in [0.3, 0.4) is 0 Å². The summed E-state index contributed by atoms with van der Waals surface area (Å²) in [5, 5.41) is 0. The van der Waals surface area contributed by atoms with E-state index in [1.54, 1.807) is 32.4 Å². The highest BCUT2D eigenvalue weighted by Gasteiger charge is 2.07. The number of hydrogen-bond acceptors (Lipinski definition) is 5. The van der Waals surface area contributed by atoms with Crippen molar-refractivity contribution in [2.45, 2.75) is 6.61 Å². The Hall–Kier alpha value is -1.75. The lowest BCUT2D eigenvalue weighted by Crippen LogP contribution is -2.16. The fourth-order valence-electron chi connectivity index (χ4n) is 1.19. The van der Waals surface area contributed by atoms with Gasteiger partial charge in [-0.15, -0.1) is 0 Å². The summed E-state index contributed by atoms with van der Waals surface area (Å²) in [5.74, 6) is 0.854. The Morgan fingerprint density at radius 3 is 2.62 bits per heavy atom. The monoisotopic (exact) mass is 225 g/mol. The van der Waals surface area contributed by atoms with Crippen LogP contribution in [0.25, 0.3) is 0 Å². The molecule has 0 aliphatic heterocycles. The first kappa shape index (κ1) is 12.3. The molecule has 0 amide bonds. The maximum atomic E-state index is 10.9. The number of esters is 1. The van der Waals surface area contributed by atoms with Crippen LogP contribution in [0.4, 0.5) is 0 Å². The summed E-state index contributed by atoms with van der Waals surface area (Å²) in [6.07, 6.45) is 0. The standard InChI is InChI=1S/C11H15NO4/c1-14-9-4-3-8(10(5-9)15-2)7-16-11(13)6-12/h3-5H,6-7,12H2,1-2H3. The second kappa shape index (κ2) is 5.97. The molecule has 0 aliphatic rings. The molecule has 0 aromatic heterocycles. The minimum atomic E-state index is -0.446. The van der Waals surface area contributed by atoms with Crippen molar-refractivity contribution in [1.82, 2.24) is 0 Å². The van der Waals surface area contributed by atoms with Gasteiger partial charge in [-0.25, -0.2) is 0 Å². The number of carbonyl (C=O) groups excluding carboxylic acids is 1. The van der Waals surface area contributed by atoms with E-state index in [2.05, 4.69) is 0 Å². The first-order chi connectivity index (χ1) is 7.71. The number of benzene rings is 1. The third-order valence-electron chi connectivity index (χ3n) is 2.05. The van der Waals surface area contributed by atoms with Crippen LogP contribution in [-0.2, 0) is 16.1 Å². The summed E-state index contributed by atoms with van der Waals surface area (Å²) in [6, 6.07) is 5.28. The first-order valence-electron chi connectivity index (χ1n) is 4.78. The predicted molar refractivity (Wildman–Crippen MR) is 58.4 cm³/mol. The van der Waals surface area contributed by atoms with Crippen LogP contribution >= 0.6 is 0 Å². The highest BCUT2D eigenvalue weighted by molar-refractivity contribution is 5.71. The van der Waals surface area contributed by atoms with Gasteiger partial charge in [-0.05, 0) is 12.1 Å². The van der Waals surface area contributed by atoms with Crippen LogP contribution in [-0.4, -0.2) is 26.7 Å². The summed E-state index contributed by atoms with van der Waals surface area (Å²) in [4.78, 5) is 10.9. The molecular formula is C11H15NO4. The normalized spacial score (nSPS) is 9.69. The maximum absolute atomic E-state index is 10.9. The molecule has 0 fully saturated rings. The topological polar surface area (TPSA) is 70.8 Å². The highest BCUT2D eigenvalue weighted by atomic mass is 16.5. The van der Waals surface area contributed by atoms with Crippen molar-refractivity contribution in [3.8, 4) is 11.5 Å². The number of nitrogens with two attached hydrogens (primary N) is 1. The van der Waals surface area contributed by atoms with E-state index < -0.39 is 5.97 Å². The second-order valence-electron chi connectivity index (χ2n) is 3.04. The highest BCUT2D eigenvalue weighted by Crippen LogP contribution is 2.24. The molecule has 1 rings (SSSR count). The van der Waals surface area contributed by atoms with Crippen molar-refractivity contribution in [2.75, 3.05) is 20.8 Å². The lowest BCUT2D eigenvalue weighted by Gasteiger charge is -2.10. The molecule has 16 heavy (non-hydrogen) atoms. The molecule has 0 atom stereocenters. The fourth-order valence-corrected chi connectivity index (χ4v) is 1.19. The van der Waals surface area contributed by atoms with Crippen LogP contribution in [0.1, 0.15) is 5.56 Å². The van der Waals surface area contributed by atoms with Crippen LogP contribution in [0.5, 0.6) is 11.5 Å². The Bertz CT molecular complexity index is 365. The first-order valence-corrected chi connectivity index (χ1v) is 4.78. The summed E-state index contributed by atoms with van der Waals surface area (Å²) >= 11 is 0. The van der Waals surface area contributed by atoms with E-state index in [0.717, 1.165) is 5.56 Å². The van der Waals surface area contributed by atoms with E-state index in [4.69, 9.17) is 19.9 Å². The quantitative estimate of drug-likeness (QED) is 0.747. The molecule has 0 spiro atoms. The summed E-state index contributed by atoms with van der Waals surface area (Å²) < 4.78 is 15.1. The molecule has 0 unspecified atom stereocenters. The Balaban J connectivity index is 2.75. The molecule has 0 saturated heterocycles. The van der Waals surface area contributed by atoms with Crippen molar-refractivity contribution in [3.05, 3.63) is 23.8 Å². The van der Waals surface area contributed by atoms with Crippen LogP contribution in [0, 0.1) is 0 Å². The molecule has 1 aromatic carbocycles. The van der Waals surface area contributed by atoms with Gasteiger partial charge in [0.15, 0.2) is 0 Å². The van der Waals surface area contributed by atoms with Crippen LogP contribution in [0.15, 0.2) is 18.2 Å². The summed E-state index contributed by atoms with van der Waals surface area (Å²) in [7, 11) is 3.12. The molecule has 0 aliphatic carbocycles. The molecule has 5 heteroatoms. The predicted octanol–water partition coefficient (Wildman–Crippen LogP) is 0.706. The largest absolute Gasteiger partial charge is 0.497 e. The third-order valence-corrected chi connectivity index (χ3v) is 2.05. The van der Waals surface area contributed by atoms with Crippen molar-refractivity contribution < 1.29 is 19.0 Å². The van der Waals surface area contributed by atoms with Gasteiger partial charge in [0.2, 0.25) is 0 Å². The third kappa shape index (κ3) is 3.13. The molecule has 1 aromatic rings. The zero-order valence-corrected chi connectivity index (χ0v) is 9.36. The molecule has 2 N–H and O–H groups in total. The molecule has 0 saturated carbocycles. The summed E-state index contributed by atoms with van der Waals surface area (Å²) in [5.41, 5.74) is 5.90. The van der Waals surface area contributed by atoms with Gasteiger partial charge in [-0.3, -0.25) is 4.79 Å².